The van der Waals surface area contributed by atoms with Gasteiger partial charge < -0.3 is 15.2 Å². The van der Waals surface area contributed by atoms with E-state index in [9.17, 15) is 14.7 Å². The Kier molecular flexibility index (Phi) is 7.69. The summed E-state index contributed by atoms with van der Waals surface area (Å²) in [5, 5.41) is 13.2. The third-order valence-electron chi connectivity index (χ3n) is 5.80. The van der Waals surface area contributed by atoms with Gasteiger partial charge in [0.2, 0.25) is 5.91 Å². The molecule has 6 heteroatoms. The highest BCUT2D eigenvalue weighted by molar-refractivity contribution is 5.98. The number of amides is 2. The molecule has 1 fully saturated rings. The molecule has 0 radical (unpaired) electrons. The lowest BCUT2D eigenvalue weighted by molar-refractivity contribution is -0.120. The molecule has 0 saturated carbocycles. The normalized spacial score (nSPS) is 18.1. The fraction of sp³-hybridized carbons (Fsp3) is 0.440. The highest BCUT2D eigenvalue weighted by atomic mass is 16.6. The Morgan fingerprint density at radius 1 is 1.03 bits per heavy atom. The number of aliphatic hydroxyl groups excluding tert-OH is 1. The lowest BCUT2D eigenvalue weighted by Crippen LogP contribution is -2.43. The molecule has 166 valence electrons. The van der Waals surface area contributed by atoms with Crippen LogP contribution in [0.5, 0.6) is 0 Å². The van der Waals surface area contributed by atoms with Crippen LogP contribution in [0.1, 0.15) is 49.4 Å². The van der Waals surface area contributed by atoms with Crippen molar-refractivity contribution in [1.82, 2.24) is 4.90 Å². The number of ether oxygens (including phenoxy) is 1. The van der Waals surface area contributed by atoms with Gasteiger partial charge in [0.25, 0.3) is 0 Å². The number of hydrogen-bond donors (Lipinski definition) is 2. The molecule has 2 aromatic carbocycles. The first kappa shape index (κ1) is 22.8. The van der Waals surface area contributed by atoms with Gasteiger partial charge >= 0.3 is 6.09 Å². The molecule has 0 unspecified atom stereocenters. The maximum Gasteiger partial charge on any atom is 0.410 e. The smallest absolute Gasteiger partial charge is 0.410 e. The molecule has 6 nitrogen and oxygen atoms in total. The molecule has 1 aliphatic rings. The minimum Gasteiger partial charge on any atom is -0.445 e. The summed E-state index contributed by atoms with van der Waals surface area (Å²) >= 11 is 0. The SMILES string of the molecule is CCc1cc(CC)c(NC(=O)[C@@H]2C[C@@H](O)CN2C(=O)OCc2ccccc2)c(CC)c1. The van der Waals surface area contributed by atoms with Crippen LogP contribution in [0.15, 0.2) is 42.5 Å². The fourth-order valence-electron chi connectivity index (χ4n) is 4.04. The molecule has 2 amide bonds. The van der Waals surface area contributed by atoms with Gasteiger partial charge in [-0.2, -0.15) is 0 Å². The van der Waals surface area contributed by atoms with E-state index in [0.29, 0.717) is 0 Å². The van der Waals surface area contributed by atoms with Crippen molar-refractivity contribution in [2.24, 2.45) is 0 Å². The van der Waals surface area contributed by atoms with Gasteiger partial charge in [-0.3, -0.25) is 9.69 Å². The minimum absolute atomic E-state index is 0.0851. The number of anilines is 1. The Balaban J connectivity index is 1.74. The standard InChI is InChI=1S/C25H32N2O4/c1-4-17-12-19(5-2)23(20(6-3)13-17)26-24(29)22-14-21(28)15-27(22)25(30)31-16-18-10-8-7-9-11-18/h7-13,21-22,28H,4-6,14-16H2,1-3H3,(H,26,29)/t21-,22+/m1/s1. The van der Waals surface area contributed by atoms with Crippen LogP contribution >= 0.6 is 0 Å². The largest absolute Gasteiger partial charge is 0.445 e. The van der Waals surface area contributed by atoms with Crippen molar-refractivity contribution in [1.29, 1.82) is 0 Å². The number of nitrogens with one attached hydrogen (secondary N) is 1. The molecule has 1 heterocycles. The lowest BCUT2D eigenvalue weighted by Gasteiger charge is -2.24. The highest BCUT2D eigenvalue weighted by Gasteiger charge is 2.40. The second kappa shape index (κ2) is 10.4. The van der Waals surface area contributed by atoms with Gasteiger partial charge in [-0.1, -0.05) is 63.2 Å². The zero-order chi connectivity index (χ0) is 22.4. The van der Waals surface area contributed by atoms with E-state index in [0.717, 1.165) is 41.6 Å². The number of aliphatic hydroxyl groups is 1. The molecule has 0 bridgehead atoms. The first-order valence-corrected chi connectivity index (χ1v) is 11.1. The molecule has 1 saturated heterocycles. The van der Waals surface area contributed by atoms with Crippen molar-refractivity contribution in [2.75, 3.05) is 11.9 Å². The Bertz CT molecular complexity index is 888. The van der Waals surface area contributed by atoms with Crippen LogP contribution in [-0.4, -0.2) is 40.7 Å². The Morgan fingerprint density at radius 2 is 1.68 bits per heavy atom. The number of hydrogen-bond acceptors (Lipinski definition) is 4. The first-order chi connectivity index (χ1) is 15.0. The quantitative estimate of drug-likeness (QED) is 0.702. The van der Waals surface area contributed by atoms with E-state index in [-0.39, 0.29) is 25.5 Å². The summed E-state index contributed by atoms with van der Waals surface area (Å²) in [6, 6.07) is 12.9. The Morgan fingerprint density at radius 3 is 2.26 bits per heavy atom. The maximum absolute atomic E-state index is 13.2. The second-order valence-electron chi connectivity index (χ2n) is 7.94. The van der Waals surface area contributed by atoms with E-state index in [4.69, 9.17) is 4.74 Å². The van der Waals surface area contributed by atoms with Crippen LogP contribution in [0.25, 0.3) is 0 Å². The summed E-state index contributed by atoms with van der Waals surface area (Å²) in [6.07, 6.45) is 1.39. The third kappa shape index (κ3) is 5.44. The van der Waals surface area contributed by atoms with Crippen LogP contribution in [0, 0.1) is 0 Å². The maximum atomic E-state index is 13.2. The Labute approximate surface area is 184 Å². The predicted octanol–water partition coefficient (Wildman–Crippen LogP) is 4.08. The zero-order valence-corrected chi connectivity index (χ0v) is 18.6. The number of carbonyl (C=O) groups is 2. The topological polar surface area (TPSA) is 78.9 Å². The summed E-state index contributed by atoms with van der Waals surface area (Å²) in [6.45, 7) is 6.46. The average Bonchev–Trinajstić information content (AvgIpc) is 3.20. The molecule has 31 heavy (non-hydrogen) atoms. The van der Waals surface area contributed by atoms with E-state index in [2.05, 4.69) is 38.2 Å². The summed E-state index contributed by atoms with van der Waals surface area (Å²) in [4.78, 5) is 27.2. The van der Waals surface area contributed by atoms with E-state index >= 15 is 0 Å². The van der Waals surface area contributed by atoms with Crippen LogP contribution in [0.4, 0.5) is 10.5 Å². The van der Waals surface area contributed by atoms with Gasteiger partial charge in [0, 0.05) is 12.1 Å². The van der Waals surface area contributed by atoms with E-state index in [1.807, 2.05) is 30.3 Å². The lowest BCUT2D eigenvalue weighted by atomic mass is 9.97. The van der Waals surface area contributed by atoms with Crippen molar-refractivity contribution in [3.05, 3.63) is 64.7 Å². The van der Waals surface area contributed by atoms with E-state index < -0.39 is 18.2 Å². The summed E-state index contributed by atoms with van der Waals surface area (Å²) in [5.74, 6) is -0.290. The average molecular weight is 425 g/mol. The fourth-order valence-corrected chi connectivity index (χ4v) is 4.04. The first-order valence-electron chi connectivity index (χ1n) is 11.1. The van der Waals surface area contributed by atoms with Crippen molar-refractivity contribution in [3.63, 3.8) is 0 Å². The number of benzene rings is 2. The van der Waals surface area contributed by atoms with E-state index in [1.54, 1.807) is 0 Å². The molecule has 2 aromatic rings. The molecule has 2 N–H and O–H groups in total. The molecule has 2 atom stereocenters. The molecule has 0 spiro atoms. The van der Waals surface area contributed by atoms with Gasteiger partial charge in [-0.05, 0) is 41.5 Å². The number of carbonyl (C=O) groups excluding carboxylic acids is 2. The molecular formula is C25H32N2O4. The van der Waals surface area contributed by atoms with Gasteiger partial charge in [-0.25, -0.2) is 4.79 Å². The number of nitrogens with zero attached hydrogens (tertiary/aromatic N) is 1. The van der Waals surface area contributed by atoms with Crippen molar-refractivity contribution < 1.29 is 19.4 Å². The molecule has 0 aliphatic carbocycles. The van der Waals surface area contributed by atoms with Crippen LogP contribution in [0.3, 0.4) is 0 Å². The second-order valence-corrected chi connectivity index (χ2v) is 7.94. The van der Waals surface area contributed by atoms with Gasteiger partial charge in [-0.15, -0.1) is 0 Å². The Hall–Kier alpha value is -2.86. The van der Waals surface area contributed by atoms with Crippen LogP contribution in [0.2, 0.25) is 0 Å². The summed E-state index contributed by atoms with van der Waals surface area (Å²) in [7, 11) is 0. The number of rotatable bonds is 7. The molecule has 3 rings (SSSR count). The minimum atomic E-state index is -0.765. The van der Waals surface area contributed by atoms with Crippen molar-refractivity contribution >= 4 is 17.7 Å². The van der Waals surface area contributed by atoms with Crippen LogP contribution in [-0.2, 0) is 35.4 Å². The molecule has 0 aromatic heterocycles. The monoisotopic (exact) mass is 424 g/mol. The van der Waals surface area contributed by atoms with Crippen LogP contribution < -0.4 is 5.32 Å². The van der Waals surface area contributed by atoms with Gasteiger partial charge in [0.05, 0.1) is 12.6 Å². The molecule has 1 aliphatic heterocycles. The van der Waals surface area contributed by atoms with Crippen molar-refractivity contribution in [2.45, 2.75) is 65.2 Å². The number of aryl methyl sites for hydroxylation is 3. The number of β-amino-alcohol motifs (C(OH)–C–C–N with tert-alkyl or cyclic N) is 1. The zero-order valence-electron chi connectivity index (χ0n) is 18.6. The molecular weight excluding hydrogens is 392 g/mol. The summed E-state index contributed by atoms with van der Waals surface area (Å²) < 4.78 is 5.41. The predicted molar refractivity (Wildman–Crippen MR) is 121 cm³/mol. The van der Waals surface area contributed by atoms with E-state index in [1.165, 1.54) is 10.5 Å². The number of likely N-dealkylation sites (tertiary alicyclic amines) is 1. The highest BCUT2D eigenvalue weighted by Crippen LogP contribution is 2.27. The van der Waals surface area contributed by atoms with Gasteiger partial charge in [0.1, 0.15) is 12.6 Å². The van der Waals surface area contributed by atoms with Gasteiger partial charge in [0.15, 0.2) is 0 Å². The summed E-state index contributed by atoms with van der Waals surface area (Å²) in [5.41, 5.74) is 5.11. The van der Waals surface area contributed by atoms with Crippen molar-refractivity contribution in [3.8, 4) is 0 Å². The third-order valence-corrected chi connectivity index (χ3v) is 5.80.